The molecule has 4 nitrogen and oxygen atoms in total. The maximum Gasteiger partial charge on any atom is 0.120 e. The predicted octanol–water partition coefficient (Wildman–Crippen LogP) is 5.19. The van der Waals surface area contributed by atoms with Gasteiger partial charge in [-0.3, -0.25) is 0 Å². The summed E-state index contributed by atoms with van der Waals surface area (Å²) in [4.78, 5) is 0. The van der Waals surface area contributed by atoms with Crippen LogP contribution in [0.4, 0.5) is 22.7 Å². The zero-order valence-electron chi connectivity index (χ0n) is 13.7. The molecule has 0 heterocycles. The second-order valence-electron chi connectivity index (χ2n) is 5.29. The van der Waals surface area contributed by atoms with E-state index in [-0.39, 0.29) is 0 Å². The van der Waals surface area contributed by atoms with Crippen molar-refractivity contribution >= 4 is 22.7 Å². The van der Waals surface area contributed by atoms with Gasteiger partial charge in [-0.2, -0.15) is 0 Å². The Morgan fingerprint density at radius 2 is 0.958 bits per heavy atom. The van der Waals surface area contributed by atoms with Crippen molar-refractivity contribution in [2.45, 2.75) is 0 Å². The van der Waals surface area contributed by atoms with Crippen molar-refractivity contribution in [3.05, 3.63) is 72.8 Å². The Labute approximate surface area is 142 Å². The van der Waals surface area contributed by atoms with E-state index in [1.165, 1.54) is 0 Å². The van der Waals surface area contributed by atoms with Crippen LogP contribution in [0.3, 0.4) is 0 Å². The van der Waals surface area contributed by atoms with Crippen molar-refractivity contribution < 1.29 is 9.47 Å². The van der Waals surface area contributed by atoms with Gasteiger partial charge < -0.3 is 20.1 Å². The highest BCUT2D eigenvalue weighted by Crippen LogP contribution is 2.25. The predicted molar refractivity (Wildman–Crippen MR) is 99.0 cm³/mol. The minimum atomic E-state index is 0.830. The summed E-state index contributed by atoms with van der Waals surface area (Å²) in [7, 11) is 3.33. The third-order valence-corrected chi connectivity index (χ3v) is 3.60. The van der Waals surface area contributed by atoms with Gasteiger partial charge in [-0.1, -0.05) is 12.1 Å². The van der Waals surface area contributed by atoms with E-state index in [1.807, 2.05) is 72.8 Å². The van der Waals surface area contributed by atoms with Crippen LogP contribution in [0.1, 0.15) is 0 Å². The molecule has 0 amide bonds. The summed E-state index contributed by atoms with van der Waals surface area (Å²) in [6.45, 7) is 0. The molecule has 0 bridgehead atoms. The summed E-state index contributed by atoms with van der Waals surface area (Å²) in [5.41, 5.74) is 4.00. The number of hydrogen-bond acceptors (Lipinski definition) is 4. The summed E-state index contributed by atoms with van der Waals surface area (Å²) >= 11 is 0. The van der Waals surface area contributed by atoms with Crippen LogP contribution < -0.4 is 20.1 Å². The van der Waals surface area contributed by atoms with Crippen LogP contribution in [0.5, 0.6) is 11.5 Å². The SMILES string of the molecule is COc1cccc(Nc2ccc(Nc3cccc(OC)c3)cc2)c1. The molecule has 0 fully saturated rings. The third kappa shape index (κ3) is 3.98. The van der Waals surface area contributed by atoms with Gasteiger partial charge in [0.15, 0.2) is 0 Å². The quantitative estimate of drug-likeness (QED) is 0.656. The first kappa shape index (κ1) is 15.7. The molecular formula is C20H20N2O2. The second-order valence-corrected chi connectivity index (χ2v) is 5.29. The van der Waals surface area contributed by atoms with Gasteiger partial charge >= 0.3 is 0 Å². The molecule has 0 saturated heterocycles. The third-order valence-electron chi connectivity index (χ3n) is 3.60. The maximum absolute atomic E-state index is 5.24. The smallest absolute Gasteiger partial charge is 0.120 e. The zero-order chi connectivity index (χ0) is 16.8. The Morgan fingerprint density at radius 3 is 1.33 bits per heavy atom. The molecule has 0 aliphatic carbocycles. The summed E-state index contributed by atoms with van der Waals surface area (Å²) in [5.74, 6) is 1.66. The molecule has 0 atom stereocenters. The van der Waals surface area contributed by atoms with E-state index < -0.39 is 0 Å². The van der Waals surface area contributed by atoms with Crippen molar-refractivity contribution in [2.75, 3.05) is 24.9 Å². The molecule has 24 heavy (non-hydrogen) atoms. The number of nitrogens with one attached hydrogen (secondary N) is 2. The lowest BCUT2D eigenvalue weighted by molar-refractivity contribution is 0.415. The lowest BCUT2D eigenvalue weighted by atomic mass is 10.2. The topological polar surface area (TPSA) is 42.5 Å². The van der Waals surface area contributed by atoms with Crippen LogP contribution in [-0.4, -0.2) is 14.2 Å². The highest BCUT2D eigenvalue weighted by molar-refractivity contribution is 5.67. The molecule has 122 valence electrons. The van der Waals surface area contributed by atoms with Gasteiger partial charge in [-0.05, 0) is 48.5 Å². The molecule has 0 aliphatic heterocycles. The molecule has 3 rings (SSSR count). The minimum Gasteiger partial charge on any atom is -0.497 e. The molecule has 4 heteroatoms. The number of hydrogen-bond donors (Lipinski definition) is 2. The Morgan fingerprint density at radius 1 is 0.542 bits per heavy atom. The van der Waals surface area contributed by atoms with Gasteiger partial charge in [0.1, 0.15) is 11.5 Å². The lowest BCUT2D eigenvalue weighted by Crippen LogP contribution is -1.93. The van der Waals surface area contributed by atoms with Crippen LogP contribution >= 0.6 is 0 Å². The highest BCUT2D eigenvalue weighted by Gasteiger charge is 2.00. The average Bonchev–Trinajstić information content (AvgIpc) is 2.64. The molecule has 3 aromatic rings. The van der Waals surface area contributed by atoms with E-state index in [0.717, 1.165) is 34.2 Å². The van der Waals surface area contributed by atoms with Crippen molar-refractivity contribution in [3.8, 4) is 11.5 Å². The monoisotopic (exact) mass is 320 g/mol. The van der Waals surface area contributed by atoms with Gasteiger partial charge in [0, 0.05) is 34.9 Å². The van der Waals surface area contributed by atoms with E-state index in [0.29, 0.717) is 0 Å². The van der Waals surface area contributed by atoms with Gasteiger partial charge in [-0.25, -0.2) is 0 Å². The Hall–Kier alpha value is -3.14. The van der Waals surface area contributed by atoms with Crippen LogP contribution in [0, 0.1) is 0 Å². The number of ether oxygens (including phenoxy) is 2. The van der Waals surface area contributed by atoms with Gasteiger partial charge in [0.2, 0.25) is 0 Å². The summed E-state index contributed by atoms with van der Waals surface area (Å²) in [6.07, 6.45) is 0. The molecule has 3 aromatic carbocycles. The average molecular weight is 320 g/mol. The summed E-state index contributed by atoms with van der Waals surface area (Å²) < 4.78 is 10.5. The van der Waals surface area contributed by atoms with Crippen LogP contribution in [0.25, 0.3) is 0 Å². The number of rotatable bonds is 6. The number of anilines is 4. The number of benzene rings is 3. The lowest BCUT2D eigenvalue weighted by Gasteiger charge is -2.11. The molecule has 0 unspecified atom stereocenters. The Balaban J connectivity index is 1.68. The largest absolute Gasteiger partial charge is 0.497 e. The van der Waals surface area contributed by atoms with E-state index in [4.69, 9.17) is 9.47 Å². The second kappa shape index (κ2) is 7.42. The molecule has 0 aromatic heterocycles. The summed E-state index contributed by atoms with van der Waals surface area (Å²) in [6, 6.07) is 23.8. The molecule has 0 radical (unpaired) electrons. The first-order valence-corrected chi connectivity index (χ1v) is 7.69. The fourth-order valence-electron chi connectivity index (χ4n) is 2.37. The fraction of sp³-hybridized carbons (Fsp3) is 0.100. The van der Waals surface area contributed by atoms with Gasteiger partial charge in [-0.15, -0.1) is 0 Å². The van der Waals surface area contributed by atoms with E-state index in [9.17, 15) is 0 Å². The normalized spacial score (nSPS) is 10.1. The zero-order valence-corrected chi connectivity index (χ0v) is 13.7. The van der Waals surface area contributed by atoms with Crippen LogP contribution in [0.2, 0.25) is 0 Å². The van der Waals surface area contributed by atoms with Crippen LogP contribution in [-0.2, 0) is 0 Å². The minimum absolute atomic E-state index is 0.830. The molecular weight excluding hydrogens is 300 g/mol. The first-order valence-electron chi connectivity index (χ1n) is 7.69. The van der Waals surface area contributed by atoms with Crippen LogP contribution in [0.15, 0.2) is 72.8 Å². The highest BCUT2D eigenvalue weighted by atomic mass is 16.5. The standard InChI is InChI=1S/C20H20N2O2/c1-23-19-7-3-5-17(13-19)21-15-9-11-16(12-10-15)22-18-6-4-8-20(14-18)24-2/h3-14,21-22H,1-2H3. The maximum atomic E-state index is 5.24. The van der Waals surface area contributed by atoms with E-state index in [1.54, 1.807) is 14.2 Å². The fourth-order valence-corrected chi connectivity index (χ4v) is 2.37. The van der Waals surface area contributed by atoms with Gasteiger partial charge in [0.25, 0.3) is 0 Å². The van der Waals surface area contributed by atoms with Crippen molar-refractivity contribution in [1.29, 1.82) is 0 Å². The molecule has 0 spiro atoms. The van der Waals surface area contributed by atoms with Crippen molar-refractivity contribution in [3.63, 3.8) is 0 Å². The first-order chi connectivity index (χ1) is 11.8. The molecule has 2 N–H and O–H groups in total. The van der Waals surface area contributed by atoms with Gasteiger partial charge in [0.05, 0.1) is 14.2 Å². The van der Waals surface area contributed by atoms with Crippen molar-refractivity contribution in [2.24, 2.45) is 0 Å². The van der Waals surface area contributed by atoms with Crippen molar-refractivity contribution in [1.82, 2.24) is 0 Å². The van der Waals surface area contributed by atoms with E-state index in [2.05, 4.69) is 10.6 Å². The molecule has 0 aliphatic rings. The van der Waals surface area contributed by atoms with E-state index >= 15 is 0 Å². The Bertz CT molecular complexity index is 732. The molecule has 0 saturated carbocycles. The number of methoxy groups -OCH3 is 2. The Kier molecular flexibility index (Phi) is 4.87. The summed E-state index contributed by atoms with van der Waals surface area (Å²) in [5, 5.41) is 6.72.